The smallest absolute Gasteiger partial charge is 0.265 e. The molecule has 0 radical (unpaired) electrons. The first-order valence-corrected chi connectivity index (χ1v) is 9.18. The second-order valence-corrected chi connectivity index (χ2v) is 6.66. The van der Waals surface area contributed by atoms with Crippen molar-refractivity contribution < 1.29 is 9.32 Å². The van der Waals surface area contributed by atoms with Crippen LogP contribution in [0.2, 0.25) is 0 Å². The van der Waals surface area contributed by atoms with Gasteiger partial charge in [-0.15, -0.1) is 11.3 Å². The highest BCUT2D eigenvalue weighted by Gasteiger charge is 2.10. The fraction of sp³-hybridized carbons (Fsp3) is 0. The summed E-state index contributed by atoms with van der Waals surface area (Å²) in [6.07, 6.45) is 3.68. The maximum absolute atomic E-state index is 12.2. The van der Waals surface area contributed by atoms with Crippen LogP contribution in [0.3, 0.4) is 0 Å². The maximum Gasteiger partial charge on any atom is 0.265 e. The van der Waals surface area contributed by atoms with Crippen molar-refractivity contribution in [2.75, 3.05) is 5.32 Å². The molecule has 5 nitrogen and oxygen atoms in total. The molecule has 6 heteroatoms. The molecule has 2 aromatic carbocycles. The Morgan fingerprint density at radius 3 is 2.70 bits per heavy atom. The van der Waals surface area contributed by atoms with Crippen LogP contribution < -0.4 is 5.32 Å². The van der Waals surface area contributed by atoms with Crippen molar-refractivity contribution in [1.29, 1.82) is 0 Å². The molecule has 1 N–H and O–H groups in total. The lowest BCUT2D eigenvalue weighted by atomic mass is 10.2. The van der Waals surface area contributed by atoms with E-state index in [9.17, 15) is 4.79 Å². The van der Waals surface area contributed by atoms with Crippen molar-refractivity contribution in [2.24, 2.45) is 0 Å². The number of nitrogens with one attached hydrogen (secondary N) is 1. The third-order valence-electron chi connectivity index (χ3n) is 3.78. The van der Waals surface area contributed by atoms with E-state index in [0.29, 0.717) is 22.3 Å². The number of hydrogen-bond acceptors (Lipinski definition) is 5. The van der Waals surface area contributed by atoms with E-state index in [0.717, 1.165) is 11.1 Å². The summed E-state index contributed by atoms with van der Waals surface area (Å²) in [4.78, 5) is 17.2. The summed E-state index contributed by atoms with van der Waals surface area (Å²) in [6.45, 7) is 0. The highest BCUT2D eigenvalue weighted by atomic mass is 32.1. The average Bonchev–Trinajstić information content (AvgIpc) is 3.40. The van der Waals surface area contributed by atoms with Gasteiger partial charge in [-0.1, -0.05) is 53.7 Å². The molecule has 132 valence electrons. The molecule has 0 aliphatic heterocycles. The van der Waals surface area contributed by atoms with Crippen LogP contribution in [-0.4, -0.2) is 16.0 Å². The first-order chi connectivity index (χ1) is 13.3. The lowest BCUT2D eigenvalue weighted by Gasteiger charge is -2.04. The lowest BCUT2D eigenvalue weighted by molar-refractivity contribution is 0.103. The molecule has 2 aromatic heterocycles. The quantitative estimate of drug-likeness (QED) is 0.521. The first kappa shape index (κ1) is 16.9. The Hall–Kier alpha value is -3.51. The molecule has 4 aromatic rings. The second kappa shape index (κ2) is 7.80. The van der Waals surface area contributed by atoms with Gasteiger partial charge in [-0.05, 0) is 35.2 Å². The van der Waals surface area contributed by atoms with Gasteiger partial charge in [0.05, 0.1) is 4.88 Å². The summed E-state index contributed by atoms with van der Waals surface area (Å²) in [5, 5.41) is 8.77. The van der Waals surface area contributed by atoms with E-state index in [4.69, 9.17) is 4.52 Å². The van der Waals surface area contributed by atoms with Gasteiger partial charge in [-0.3, -0.25) is 4.79 Å². The van der Waals surface area contributed by atoms with E-state index >= 15 is 0 Å². The van der Waals surface area contributed by atoms with Crippen molar-refractivity contribution in [3.63, 3.8) is 0 Å². The number of hydrogen-bond donors (Lipinski definition) is 1. The Morgan fingerprint density at radius 2 is 1.89 bits per heavy atom. The van der Waals surface area contributed by atoms with Crippen molar-refractivity contribution in [3.05, 3.63) is 88.4 Å². The first-order valence-electron chi connectivity index (χ1n) is 8.30. The van der Waals surface area contributed by atoms with E-state index in [1.165, 1.54) is 11.3 Å². The second-order valence-electron chi connectivity index (χ2n) is 5.71. The van der Waals surface area contributed by atoms with Crippen molar-refractivity contribution >= 4 is 35.1 Å². The third-order valence-corrected chi connectivity index (χ3v) is 4.65. The van der Waals surface area contributed by atoms with Crippen LogP contribution in [0.4, 0.5) is 5.69 Å². The highest BCUT2D eigenvalue weighted by Crippen LogP contribution is 2.21. The van der Waals surface area contributed by atoms with Gasteiger partial charge in [0, 0.05) is 17.3 Å². The van der Waals surface area contributed by atoms with E-state index < -0.39 is 0 Å². The topological polar surface area (TPSA) is 68.0 Å². The molecule has 0 bridgehead atoms. The van der Waals surface area contributed by atoms with E-state index in [2.05, 4.69) is 15.5 Å². The Balaban J connectivity index is 1.50. The van der Waals surface area contributed by atoms with Crippen LogP contribution in [0, 0.1) is 0 Å². The van der Waals surface area contributed by atoms with E-state index in [-0.39, 0.29) is 5.91 Å². The zero-order valence-corrected chi connectivity index (χ0v) is 15.0. The monoisotopic (exact) mass is 373 g/mol. The van der Waals surface area contributed by atoms with Gasteiger partial charge in [-0.2, -0.15) is 4.98 Å². The zero-order chi connectivity index (χ0) is 18.5. The largest absolute Gasteiger partial charge is 0.334 e. The van der Waals surface area contributed by atoms with Crippen LogP contribution in [0.5, 0.6) is 0 Å². The average molecular weight is 373 g/mol. The summed E-state index contributed by atoms with van der Waals surface area (Å²) < 4.78 is 5.29. The summed E-state index contributed by atoms with van der Waals surface area (Å²) in [5.74, 6) is 0.749. The number of anilines is 1. The minimum absolute atomic E-state index is 0.137. The number of nitrogens with zero attached hydrogens (tertiary/aromatic N) is 2. The van der Waals surface area contributed by atoms with E-state index in [1.54, 1.807) is 12.1 Å². The molecule has 0 aliphatic rings. The summed E-state index contributed by atoms with van der Waals surface area (Å²) in [7, 11) is 0. The number of carbonyl (C=O) groups excluding carboxylic acids is 1. The van der Waals surface area contributed by atoms with Gasteiger partial charge in [-0.25, -0.2) is 0 Å². The standard InChI is InChI=1S/C21H15N3O2S/c25-21(18-10-5-13-27-18)22-17-9-4-8-16(14-17)20-23-19(26-24-20)12-11-15-6-2-1-3-7-15/h1-14H,(H,22,25). The Morgan fingerprint density at radius 1 is 1.00 bits per heavy atom. The molecule has 27 heavy (non-hydrogen) atoms. The molecular formula is C21H15N3O2S. The predicted octanol–water partition coefficient (Wildman–Crippen LogP) is 5.22. The normalized spacial score (nSPS) is 11.0. The number of amides is 1. The van der Waals surface area contributed by atoms with E-state index in [1.807, 2.05) is 72.1 Å². The predicted molar refractivity (Wildman–Crippen MR) is 107 cm³/mol. The van der Waals surface area contributed by atoms with Crippen LogP contribution in [0.15, 0.2) is 76.6 Å². The number of rotatable bonds is 5. The fourth-order valence-corrected chi connectivity index (χ4v) is 3.11. The van der Waals surface area contributed by atoms with Gasteiger partial charge < -0.3 is 9.84 Å². The third kappa shape index (κ3) is 4.19. The van der Waals surface area contributed by atoms with Crippen LogP contribution >= 0.6 is 11.3 Å². The fourth-order valence-electron chi connectivity index (χ4n) is 2.49. The molecule has 1 amide bonds. The van der Waals surface area contributed by atoms with Gasteiger partial charge in [0.25, 0.3) is 11.8 Å². The summed E-state index contributed by atoms with van der Waals surface area (Å²) in [6, 6.07) is 20.9. The SMILES string of the molecule is O=C(Nc1cccc(-c2noc(C=Cc3ccccc3)n2)c1)c1cccs1. The molecule has 0 unspecified atom stereocenters. The van der Waals surface area contributed by atoms with Crippen molar-refractivity contribution in [1.82, 2.24) is 10.1 Å². The molecule has 0 saturated heterocycles. The van der Waals surface area contributed by atoms with Crippen molar-refractivity contribution in [2.45, 2.75) is 0 Å². The van der Waals surface area contributed by atoms with Crippen LogP contribution in [-0.2, 0) is 0 Å². The van der Waals surface area contributed by atoms with Crippen LogP contribution in [0.25, 0.3) is 23.5 Å². The number of benzene rings is 2. The van der Waals surface area contributed by atoms with Gasteiger partial charge in [0.2, 0.25) is 5.82 Å². The lowest BCUT2D eigenvalue weighted by Crippen LogP contribution is -2.09. The number of aromatic nitrogens is 2. The Labute approximate surface area is 160 Å². The minimum atomic E-state index is -0.137. The molecule has 0 spiro atoms. The molecule has 0 aliphatic carbocycles. The Kier molecular flexibility index (Phi) is 4.89. The summed E-state index contributed by atoms with van der Waals surface area (Å²) >= 11 is 1.40. The zero-order valence-electron chi connectivity index (χ0n) is 14.2. The molecule has 4 rings (SSSR count). The minimum Gasteiger partial charge on any atom is -0.334 e. The molecule has 0 saturated carbocycles. The Bertz CT molecular complexity index is 1070. The summed E-state index contributed by atoms with van der Waals surface area (Å²) in [5.41, 5.74) is 2.50. The maximum atomic E-state index is 12.2. The molecule has 2 heterocycles. The number of carbonyl (C=O) groups is 1. The van der Waals surface area contributed by atoms with Gasteiger partial charge >= 0.3 is 0 Å². The van der Waals surface area contributed by atoms with Crippen molar-refractivity contribution in [3.8, 4) is 11.4 Å². The highest BCUT2D eigenvalue weighted by molar-refractivity contribution is 7.12. The molecule has 0 atom stereocenters. The van der Waals surface area contributed by atoms with Crippen LogP contribution in [0.1, 0.15) is 21.1 Å². The van der Waals surface area contributed by atoms with Gasteiger partial charge in [0.15, 0.2) is 0 Å². The molecular weight excluding hydrogens is 358 g/mol. The molecule has 0 fully saturated rings. The van der Waals surface area contributed by atoms with Gasteiger partial charge in [0.1, 0.15) is 0 Å². The number of thiophene rings is 1.